The van der Waals surface area contributed by atoms with Crippen LogP contribution in [0, 0.1) is 41.3 Å². The Labute approximate surface area is 226 Å². The van der Waals surface area contributed by atoms with Crippen molar-refractivity contribution >= 4 is 17.5 Å². The average Bonchev–Trinajstić information content (AvgIpc) is 3.18. The highest BCUT2D eigenvalue weighted by atomic mass is 19.1. The molecule has 1 aliphatic heterocycles. The summed E-state index contributed by atoms with van der Waals surface area (Å²) in [4.78, 5) is 24.6. The van der Waals surface area contributed by atoms with Crippen molar-refractivity contribution in [2.24, 2.45) is 35.5 Å². The molecule has 0 N–H and O–H groups in total. The van der Waals surface area contributed by atoms with Gasteiger partial charge in [0.25, 0.3) is 0 Å². The second kappa shape index (κ2) is 12.7. The summed E-state index contributed by atoms with van der Waals surface area (Å²) < 4.78 is 24.5. The Morgan fingerprint density at radius 1 is 1.24 bits per heavy atom. The van der Waals surface area contributed by atoms with E-state index in [2.05, 4.69) is 25.7 Å². The summed E-state index contributed by atoms with van der Waals surface area (Å²) in [5.74, 6) is 1.50. The third-order valence-corrected chi connectivity index (χ3v) is 8.80. The van der Waals surface area contributed by atoms with Crippen LogP contribution in [0.25, 0.3) is 5.57 Å². The van der Waals surface area contributed by atoms with E-state index in [-0.39, 0.29) is 41.6 Å². The molecule has 1 aromatic rings. The maximum atomic E-state index is 13.7. The number of carbonyl (C=O) groups is 2. The minimum atomic E-state index is -0.268. The molecule has 3 fully saturated rings. The molecule has 2 saturated carbocycles. The van der Waals surface area contributed by atoms with Crippen molar-refractivity contribution in [2.45, 2.75) is 65.4 Å². The van der Waals surface area contributed by atoms with Gasteiger partial charge in [-0.15, -0.1) is 0 Å². The van der Waals surface area contributed by atoms with E-state index in [1.165, 1.54) is 12.1 Å². The van der Waals surface area contributed by atoms with Crippen LogP contribution in [-0.4, -0.2) is 24.6 Å². The molecule has 0 amide bonds. The summed E-state index contributed by atoms with van der Waals surface area (Å²) in [5, 5.41) is 0. The van der Waals surface area contributed by atoms with Crippen LogP contribution in [-0.2, 0) is 19.1 Å². The first-order chi connectivity index (χ1) is 18.3. The zero-order valence-electron chi connectivity index (χ0n) is 22.9. The van der Waals surface area contributed by atoms with Crippen LogP contribution in [0.1, 0.15) is 64.9 Å². The molecule has 2 aliphatic carbocycles. The van der Waals surface area contributed by atoms with Gasteiger partial charge in [-0.1, -0.05) is 61.1 Å². The molecule has 1 heterocycles. The van der Waals surface area contributed by atoms with Gasteiger partial charge in [-0.25, -0.2) is 4.39 Å². The van der Waals surface area contributed by atoms with Crippen LogP contribution in [0.5, 0.6) is 0 Å². The van der Waals surface area contributed by atoms with Crippen LogP contribution in [0.2, 0.25) is 0 Å². The number of allylic oxidation sites excluding steroid dienone is 7. The first kappa shape index (κ1) is 28.1. The van der Waals surface area contributed by atoms with Gasteiger partial charge < -0.3 is 9.47 Å². The summed E-state index contributed by atoms with van der Waals surface area (Å²) in [6.07, 6.45) is 15.6. The molecule has 0 aromatic heterocycles. The maximum absolute atomic E-state index is 13.7. The lowest BCUT2D eigenvalue weighted by Crippen LogP contribution is -2.44. The van der Waals surface area contributed by atoms with Crippen molar-refractivity contribution in [3.05, 3.63) is 78.2 Å². The van der Waals surface area contributed by atoms with Crippen LogP contribution in [0.15, 0.2) is 66.8 Å². The fourth-order valence-corrected chi connectivity index (χ4v) is 7.02. The normalized spacial score (nSPS) is 31.5. The van der Waals surface area contributed by atoms with Gasteiger partial charge in [0.05, 0.1) is 12.5 Å². The smallest absolute Gasteiger partial charge is 0.309 e. The third-order valence-electron chi connectivity index (χ3n) is 8.80. The molecule has 4 rings (SSSR count). The summed E-state index contributed by atoms with van der Waals surface area (Å²) in [5.41, 5.74) is 2.74. The topological polar surface area (TPSA) is 52.6 Å². The molecular weight excluding hydrogens is 479 g/mol. The predicted molar refractivity (Wildman–Crippen MR) is 148 cm³/mol. The number of fused-ring (bicyclic) bond motifs is 2. The summed E-state index contributed by atoms with van der Waals surface area (Å²) in [7, 11) is 0. The number of rotatable bonds is 9. The van der Waals surface area contributed by atoms with Crippen LogP contribution >= 0.6 is 0 Å². The second-order valence-corrected chi connectivity index (χ2v) is 11.2. The Hall–Kier alpha value is -2.95. The lowest BCUT2D eigenvalue weighted by Gasteiger charge is -2.47. The second-order valence-electron chi connectivity index (χ2n) is 11.2. The Balaban J connectivity index is 1.49. The van der Waals surface area contributed by atoms with Crippen LogP contribution in [0.3, 0.4) is 0 Å². The van der Waals surface area contributed by atoms with Gasteiger partial charge in [-0.2, -0.15) is 0 Å². The molecule has 4 nitrogen and oxygen atoms in total. The minimum Gasteiger partial charge on any atom is -0.466 e. The number of cyclic esters (lactones) is 1. The molecular formula is C33H41FO4. The highest BCUT2D eigenvalue weighted by Crippen LogP contribution is 2.54. The molecule has 1 saturated heterocycles. The van der Waals surface area contributed by atoms with Crippen LogP contribution < -0.4 is 0 Å². The first-order valence-electron chi connectivity index (χ1n) is 14.1. The van der Waals surface area contributed by atoms with E-state index in [1.54, 1.807) is 12.1 Å². The fourth-order valence-electron chi connectivity index (χ4n) is 7.02. The molecule has 7 atom stereocenters. The fraction of sp³-hybridized carbons (Fsp3) is 0.515. The highest BCUT2D eigenvalue weighted by Gasteiger charge is 2.54. The van der Waals surface area contributed by atoms with Crippen molar-refractivity contribution in [3.8, 4) is 0 Å². The Bertz CT molecular complexity index is 1120. The number of halogens is 1. The standard InChI is InChI=1S/C33H41FO4/c1-5-24(25-8-7-9-27(34)19-25)14-10-21(3)11-15-29-28-16-12-23(13-17-31(35)37-6-2)18-26(28)20-30-32(29)22(4)38-33(30)36/h5,7-11,14-15,19,22-23,26,28-30,32H,1,6,12-13,16-18,20H2,2-4H3/b15-11+,21-10+,24-14+/t22-,23+,26-,28+,29+,30+,32-/m1/s1. The summed E-state index contributed by atoms with van der Waals surface area (Å²) in [6, 6.07) is 6.52. The maximum Gasteiger partial charge on any atom is 0.309 e. The van der Waals surface area contributed by atoms with E-state index >= 15 is 0 Å². The van der Waals surface area contributed by atoms with E-state index in [9.17, 15) is 14.0 Å². The molecule has 1 aromatic carbocycles. The number of esters is 2. The molecule has 0 bridgehead atoms. The SMILES string of the molecule is C=C\C(=C/C=C(C)/C=C/[C@H]1[C@H]2CC[C@@H](CCC(=O)OCC)C[C@@H]2C[C@@H]2C(=O)O[C@H](C)[C@H]12)c1cccc(F)c1. The van der Waals surface area contributed by atoms with Gasteiger partial charge in [0.2, 0.25) is 0 Å². The van der Waals surface area contributed by atoms with E-state index in [0.29, 0.717) is 30.8 Å². The van der Waals surface area contributed by atoms with Crippen molar-refractivity contribution in [1.29, 1.82) is 0 Å². The van der Waals surface area contributed by atoms with E-state index in [4.69, 9.17) is 9.47 Å². The first-order valence-corrected chi connectivity index (χ1v) is 14.1. The lowest BCUT2D eigenvalue weighted by atomic mass is 9.56. The van der Waals surface area contributed by atoms with Crippen molar-refractivity contribution in [2.75, 3.05) is 6.61 Å². The number of benzene rings is 1. The van der Waals surface area contributed by atoms with Gasteiger partial charge in [0.1, 0.15) is 11.9 Å². The van der Waals surface area contributed by atoms with Gasteiger partial charge in [-0.3, -0.25) is 9.59 Å². The van der Waals surface area contributed by atoms with Crippen molar-refractivity contribution in [3.63, 3.8) is 0 Å². The zero-order valence-corrected chi connectivity index (χ0v) is 22.9. The number of carbonyl (C=O) groups excluding carboxylic acids is 2. The average molecular weight is 521 g/mol. The zero-order chi connectivity index (χ0) is 27.2. The van der Waals surface area contributed by atoms with Crippen molar-refractivity contribution < 1.29 is 23.5 Å². The number of hydrogen-bond acceptors (Lipinski definition) is 4. The Morgan fingerprint density at radius 2 is 2.05 bits per heavy atom. The van der Waals surface area contributed by atoms with Gasteiger partial charge >= 0.3 is 11.9 Å². The molecule has 0 radical (unpaired) electrons. The molecule has 204 valence electrons. The number of hydrogen-bond donors (Lipinski definition) is 0. The van der Waals surface area contributed by atoms with E-state index in [0.717, 1.165) is 48.8 Å². The minimum absolute atomic E-state index is 0.0470. The highest BCUT2D eigenvalue weighted by molar-refractivity contribution is 5.76. The van der Waals surface area contributed by atoms with Crippen LogP contribution in [0.4, 0.5) is 4.39 Å². The molecule has 0 spiro atoms. The summed E-state index contributed by atoms with van der Waals surface area (Å²) >= 11 is 0. The van der Waals surface area contributed by atoms with Gasteiger partial charge in [-0.05, 0) is 93.4 Å². The van der Waals surface area contributed by atoms with Crippen molar-refractivity contribution in [1.82, 2.24) is 0 Å². The molecule has 3 aliphatic rings. The van der Waals surface area contributed by atoms with Gasteiger partial charge in [0, 0.05) is 12.3 Å². The summed E-state index contributed by atoms with van der Waals surface area (Å²) in [6.45, 7) is 10.3. The lowest BCUT2D eigenvalue weighted by molar-refractivity contribution is -0.144. The number of ether oxygens (including phenoxy) is 2. The monoisotopic (exact) mass is 520 g/mol. The third kappa shape index (κ3) is 6.54. The van der Waals surface area contributed by atoms with E-state index in [1.807, 2.05) is 32.1 Å². The Kier molecular flexibility index (Phi) is 9.40. The molecule has 0 unspecified atom stereocenters. The largest absolute Gasteiger partial charge is 0.466 e. The van der Waals surface area contributed by atoms with E-state index < -0.39 is 0 Å². The molecule has 38 heavy (non-hydrogen) atoms. The molecule has 5 heteroatoms. The quantitative estimate of drug-likeness (QED) is 0.250. The Morgan fingerprint density at radius 3 is 2.79 bits per heavy atom. The van der Waals surface area contributed by atoms with Gasteiger partial charge in [0.15, 0.2) is 0 Å². The predicted octanol–water partition coefficient (Wildman–Crippen LogP) is 7.47.